The number of hydrogen-bond acceptors (Lipinski definition) is 4. The smallest absolute Gasteiger partial charge is 0.243 e. The van der Waals surface area contributed by atoms with Gasteiger partial charge in [-0.25, -0.2) is 21.9 Å². The van der Waals surface area contributed by atoms with E-state index in [2.05, 4.69) is 4.72 Å². The van der Waals surface area contributed by atoms with E-state index >= 15 is 0 Å². The Kier molecular flexibility index (Phi) is 5.36. The zero-order valence-electron chi connectivity index (χ0n) is 10.8. The standard InChI is InChI=1S/C11H17F2N3O2S/c1-16(2)4-3-15-19(17,18)10-6-8(7-14)5-9(12)11(10)13/h5-6,15H,3-4,7,14H2,1-2H3. The Morgan fingerprint density at radius 1 is 1.32 bits per heavy atom. The van der Waals surface area contributed by atoms with Crippen LogP contribution in [0.2, 0.25) is 0 Å². The number of halogens is 2. The molecule has 1 aromatic rings. The minimum Gasteiger partial charge on any atom is -0.326 e. The van der Waals surface area contributed by atoms with Gasteiger partial charge in [-0.2, -0.15) is 0 Å². The zero-order valence-corrected chi connectivity index (χ0v) is 11.6. The number of likely N-dealkylation sites (N-methyl/N-ethyl adjacent to an activating group) is 1. The molecule has 0 radical (unpaired) electrons. The van der Waals surface area contributed by atoms with Crippen LogP contribution in [0.5, 0.6) is 0 Å². The highest BCUT2D eigenvalue weighted by Crippen LogP contribution is 2.19. The van der Waals surface area contributed by atoms with Crippen LogP contribution in [0.1, 0.15) is 5.56 Å². The molecule has 0 atom stereocenters. The molecule has 0 aromatic heterocycles. The molecule has 0 heterocycles. The van der Waals surface area contributed by atoms with Crippen molar-refractivity contribution >= 4 is 10.0 Å². The normalized spacial score (nSPS) is 12.1. The number of benzene rings is 1. The first-order valence-corrected chi connectivity index (χ1v) is 7.08. The quantitative estimate of drug-likeness (QED) is 0.789. The van der Waals surface area contributed by atoms with E-state index in [-0.39, 0.29) is 18.7 Å². The molecule has 0 fully saturated rings. The van der Waals surface area contributed by atoms with Crippen molar-refractivity contribution in [1.82, 2.24) is 9.62 Å². The lowest BCUT2D eigenvalue weighted by Crippen LogP contribution is -2.32. The molecule has 1 rings (SSSR count). The summed E-state index contributed by atoms with van der Waals surface area (Å²) < 4.78 is 52.8. The third-order valence-electron chi connectivity index (χ3n) is 2.43. The van der Waals surface area contributed by atoms with Crippen molar-refractivity contribution in [3.05, 3.63) is 29.3 Å². The molecule has 0 saturated carbocycles. The maximum atomic E-state index is 13.6. The van der Waals surface area contributed by atoms with Crippen molar-refractivity contribution in [2.75, 3.05) is 27.2 Å². The predicted molar refractivity (Wildman–Crippen MR) is 68.0 cm³/mol. The summed E-state index contributed by atoms with van der Waals surface area (Å²) in [6.45, 7) is 0.473. The maximum Gasteiger partial charge on any atom is 0.243 e. The van der Waals surface area contributed by atoms with Gasteiger partial charge in [0.25, 0.3) is 0 Å². The van der Waals surface area contributed by atoms with E-state index < -0.39 is 26.6 Å². The van der Waals surface area contributed by atoms with Crippen LogP contribution in [0.4, 0.5) is 8.78 Å². The summed E-state index contributed by atoms with van der Waals surface area (Å²) in [7, 11) is -0.554. The van der Waals surface area contributed by atoms with Crippen molar-refractivity contribution in [2.45, 2.75) is 11.4 Å². The molecule has 0 amide bonds. The molecule has 108 valence electrons. The summed E-state index contributed by atoms with van der Waals surface area (Å²) in [5.41, 5.74) is 5.52. The van der Waals surface area contributed by atoms with Gasteiger partial charge in [-0.15, -0.1) is 0 Å². The predicted octanol–water partition coefficient (Wildman–Crippen LogP) is 0.263. The van der Waals surface area contributed by atoms with Gasteiger partial charge in [-0.1, -0.05) is 0 Å². The molecule has 0 aliphatic rings. The molecule has 0 aliphatic heterocycles. The number of nitrogens with two attached hydrogens (primary N) is 1. The Hall–Kier alpha value is -1.09. The zero-order chi connectivity index (χ0) is 14.6. The van der Waals surface area contributed by atoms with Crippen LogP contribution in [-0.4, -0.2) is 40.5 Å². The van der Waals surface area contributed by atoms with Crippen LogP contribution in [-0.2, 0) is 16.6 Å². The van der Waals surface area contributed by atoms with Crippen molar-refractivity contribution in [2.24, 2.45) is 5.73 Å². The van der Waals surface area contributed by atoms with Gasteiger partial charge in [0.05, 0.1) is 0 Å². The van der Waals surface area contributed by atoms with Gasteiger partial charge < -0.3 is 10.6 Å². The van der Waals surface area contributed by atoms with E-state index in [1.54, 1.807) is 19.0 Å². The second kappa shape index (κ2) is 6.38. The first-order chi connectivity index (χ1) is 8.77. The Labute approximate surface area is 111 Å². The monoisotopic (exact) mass is 293 g/mol. The third kappa shape index (κ3) is 4.20. The van der Waals surface area contributed by atoms with Crippen molar-refractivity contribution < 1.29 is 17.2 Å². The van der Waals surface area contributed by atoms with Gasteiger partial charge in [0, 0.05) is 19.6 Å². The van der Waals surface area contributed by atoms with E-state index in [0.717, 1.165) is 12.1 Å². The summed E-state index contributed by atoms with van der Waals surface area (Å²) in [4.78, 5) is 1.04. The number of nitrogens with one attached hydrogen (secondary N) is 1. The summed E-state index contributed by atoms with van der Waals surface area (Å²) in [6.07, 6.45) is 0. The summed E-state index contributed by atoms with van der Waals surface area (Å²) >= 11 is 0. The first-order valence-electron chi connectivity index (χ1n) is 5.60. The maximum absolute atomic E-state index is 13.6. The fourth-order valence-corrected chi connectivity index (χ4v) is 2.57. The molecule has 5 nitrogen and oxygen atoms in total. The van der Waals surface area contributed by atoms with Crippen LogP contribution in [0.15, 0.2) is 17.0 Å². The number of hydrogen-bond donors (Lipinski definition) is 2. The SMILES string of the molecule is CN(C)CCNS(=O)(=O)c1cc(CN)cc(F)c1F. The number of sulfonamides is 1. The van der Waals surface area contributed by atoms with Crippen LogP contribution >= 0.6 is 0 Å². The van der Waals surface area contributed by atoms with Crippen LogP contribution in [0.3, 0.4) is 0 Å². The van der Waals surface area contributed by atoms with Crippen molar-refractivity contribution in [3.63, 3.8) is 0 Å². The van der Waals surface area contributed by atoms with Crippen molar-refractivity contribution in [3.8, 4) is 0 Å². The van der Waals surface area contributed by atoms with Gasteiger partial charge in [-0.3, -0.25) is 0 Å². The third-order valence-corrected chi connectivity index (χ3v) is 3.89. The number of nitrogens with zero attached hydrogens (tertiary/aromatic N) is 1. The largest absolute Gasteiger partial charge is 0.326 e. The molecular formula is C11H17F2N3O2S. The second-order valence-electron chi connectivity index (χ2n) is 4.29. The van der Waals surface area contributed by atoms with Crippen molar-refractivity contribution in [1.29, 1.82) is 0 Å². The van der Waals surface area contributed by atoms with E-state index in [1.807, 2.05) is 0 Å². The summed E-state index contributed by atoms with van der Waals surface area (Å²) in [5, 5.41) is 0. The van der Waals surface area contributed by atoms with E-state index in [9.17, 15) is 17.2 Å². The molecular weight excluding hydrogens is 276 g/mol. The molecule has 19 heavy (non-hydrogen) atoms. The molecule has 3 N–H and O–H groups in total. The molecule has 0 spiro atoms. The lowest BCUT2D eigenvalue weighted by Gasteiger charge is -2.12. The molecule has 0 unspecified atom stereocenters. The van der Waals surface area contributed by atoms with Gasteiger partial charge in [0.2, 0.25) is 10.0 Å². The minimum atomic E-state index is -4.09. The van der Waals surface area contributed by atoms with E-state index in [1.165, 1.54) is 0 Å². The Bertz CT molecular complexity index is 547. The Morgan fingerprint density at radius 2 is 1.95 bits per heavy atom. The van der Waals surface area contributed by atoms with Crippen LogP contribution in [0, 0.1) is 11.6 Å². The molecule has 8 heteroatoms. The average Bonchev–Trinajstić information content (AvgIpc) is 2.31. The van der Waals surface area contributed by atoms with Crippen LogP contribution < -0.4 is 10.5 Å². The van der Waals surface area contributed by atoms with Gasteiger partial charge in [0.15, 0.2) is 11.6 Å². The molecule has 1 aromatic carbocycles. The van der Waals surface area contributed by atoms with Gasteiger partial charge >= 0.3 is 0 Å². The van der Waals surface area contributed by atoms with Gasteiger partial charge in [-0.05, 0) is 31.8 Å². The molecule has 0 aliphatic carbocycles. The fraction of sp³-hybridized carbons (Fsp3) is 0.455. The summed E-state index contributed by atoms with van der Waals surface area (Å²) in [5.74, 6) is -2.62. The highest BCUT2D eigenvalue weighted by molar-refractivity contribution is 7.89. The fourth-order valence-electron chi connectivity index (χ4n) is 1.41. The lowest BCUT2D eigenvalue weighted by atomic mass is 10.2. The minimum absolute atomic E-state index is 0.0720. The van der Waals surface area contributed by atoms with E-state index in [4.69, 9.17) is 5.73 Å². The van der Waals surface area contributed by atoms with Crippen LogP contribution in [0.25, 0.3) is 0 Å². The van der Waals surface area contributed by atoms with Gasteiger partial charge in [0.1, 0.15) is 4.90 Å². The molecule has 0 saturated heterocycles. The molecule has 0 bridgehead atoms. The lowest BCUT2D eigenvalue weighted by molar-refractivity contribution is 0.412. The second-order valence-corrected chi connectivity index (χ2v) is 6.03. The average molecular weight is 293 g/mol. The highest BCUT2D eigenvalue weighted by Gasteiger charge is 2.22. The highest BCUT2D eigenvalue weighted by atomic mass is 32.2. The topological polar surface area (TPSA) is 75.4 Å². The summed E-state index contributed by atoms with van der Waals surface area (Å²) in [6, 6.07) is 1.92. The number of rotatable bonds is 6. The van der Waals surface area contributed by atoms with E-state index in [0.29, 0.717) is 6.54 Å². The Morgan fingerprint density at radius 3 is 2.47 bits per heavy atom. The first kappa shape index (κ1) is 16.0. The Balaban J connectivity index is 3.03.